The van der Waals surface area contributed by atoms with Crippen molar-refractivity contribution < 1.29 is 14.3 Å². The van der Waals surface area contributed by atoms with Gasteiger partial charge in [-0.15, -0.1) is 0 Å². The third-order valence-electron chi connectivity index (χ3n) is 4.98. The van der Waals surface area contributed by atoms with Crippen LogP contribution >= 0.6 is 11.6 Å². The molecular formula is C23H17ClN2O3. The molecule has 6 heteroatoms. The summed E-state index contributed by atoms with van der Waals surface area (Å²) in [6, 6.07) is 14.8. The average molecular weight is 405 g/mol. The van der Waals surface area contributed by atoms with E-state index in [0.717, 1.165) is 22.4 Å². The van der Waals surface area contributed by atoms with Crippen LogP contribution in [0.25, 0.3) is 6.08 Å². The van der Waals surface area contributed by atoms with Crippen LogP contribution < -0.4 is 9.47 Å². The molecule has 2 aliphatic heterocycles. The zero-order valence-electron chi connectivity index (χ0n) is 15.5. The molecule has 29 heavy (non-hydrogen) atoms. The summed E-state index contributed by atoms with van der Waals surface area (Å²) in [5.74, 6) is 1.53. The van der Waals surface area contributed by atoms with E-state index in [9.17, 15) is 4.79 Å². The van der Waals surface area contributed by atoms with Crippen molar-refractivity contribution in [3.8, 4) is 11.5 Å². The fourth-order valence-corrected chi connectivity index (χ4v) is 3.69. The Bertz CT molecular complexity index is 1110. The van der Waals surface area contributed by atoms with Crippen LogP contribution in [0.1, 0.15) is 27.0 Å². The van der Waals surface area contributed by atoms with Crippen molar-refractivity contribution in [3.63, 3.8) is 0 Å². The first kappa shape index (κ1) is 17.9. The number of fused-ring (bicyclic) bond motifs is 3. The molecule has 0 fully saturated rings. The monoisotopic (exact) mass is 404 g/mol. The first-order valence-electron chi connectivity index (χ1n) is 9.27. The highest BCUT2D eigenvalue weighted by molar-refractivity contribution is 6.30. The van der Waals surface area contributed by atoms with Crippen LogP contribution in [0, 0.1) is 0 Å². The Balaban J connectivity index is 1.43. The van der Waals surface area contributed by atoms with Gasteiger partial charge in [-0.2, -0.15) is 0 Å². The van der Waals surface area contributed by atoms with Crippen molar-refractivity contribution in [1.29, 1.82) is 0 Å². The number of rotatable bonds is 3. The number of allylic oxidation sites excluding steroid dienone is 1. The van der Waals surface area contributed by atoms with Gasteiger partial charge in [0.1, 0.15) is 18.2 Å². The van der Waals surface area contributed by atoms with Gasteiger partial charge >= 0.3 is 0 Å². The molecular weight excluding hydrogens is 388 g/mol. The second-order valence-electron chi connectivity index (χ2n) is 7.03. The molecule has 144 valence electrons. The molecule has 0 bridgehead atoms. The van der Waals surface area contributed by atoms with Crippen LogP contribution in [0.4, 0.5) is 0 Å². The third-order valence-corrected chi connectivity index (χ3v) is 5.23. The molecule has 0 radical (unpaired) electrons. The van der Waals surface area contributed by atoms with Crippen molar-refractivity contribution in [3.05, 3.63) is 94.0 Å². The van der Waals surface area contributed by atoms with Crippen molar-refractivity contribution in [1.82, 2.24) is 9.88 Å². The van der Waals surface area contributed by atoms with Gasteiger partial charge in [0.25, 0.3) is 0 Å². The van der Waals surface area contributed by atoms with E-state index < -0.39 is 0 Å². The maximum atomic E-state index is 12.8. The number of nitrogens with zero attached hydrogens (tertiary/aromatic N) is 2. The molecule has 0 saturated carbocycles. The van der Waals surface area contributed by atoms with E-state index in [1.807, 2.05) is 36.5 Å². The molecule has 3 aromatic rings. The lowest BCUT2D eigenvalue weighted by atomic mass is 10.0. The number of carbonyl (C=O) groups is 1. The SMILES string of the molecule is O=C1/C(=C/c2ccc(Cl)cc2)Oc2c1ccc1c2CN(Cc2cccnc2)CO1. The van der Waals surface area contributed by atoms with Gasteiger partial charge in [0, 0.05) is 30.5 Å². The molecule has 0 saturated heterocycles. The summed E-state index contributed by atoms with van der Waals surface area (Å²) in [6.07, 6.45) is 5.34. The Morgan fingerprint density at radius 3 is 2.79 bits per heavy atom. The molecule has 0 atom stereocenters. The number of aromatic nitrogens is 1. The smallest absolute Gasteiger partial charge is 0.231 e. The summed E-state index contributed by atoms with van der Waals surface area (Å²) in [5, 5.41) is 0.647. The van der Waals surface area contributed by atoms with Crippen molar-refractivity contribution >= 4 is 23.5 Å². The molecule has 5 nitrogen and oxygen atoms in total. The van der Waals surface area contributed by atoms with Gasteiger partial charge in [-0.1, -0.05) is 29.8 Å². The lowest BCUT2D eigenvalue weighted by molar-refractivity contribution is 0.0872. The zero-order valence-corrected chi connectivity index (χ0v) is 16.2. The summed E-state index contributed by atoms with van der Waals surface area (Å²) in [6.45, 7) is 1.81. The highest BCUT2D eigenvalue weighted by atomic mass is 35.5. The molecule has 3 heterocycles. The van der Waals surface area contributed by atoms with Gasteiger partial charge in [-0.25, -0.2) is 0 Å². The second kappa shape index (κ2) is 7.35. The van der Waals surface area contributed by atoms with Crippen LogP contribution in [0.15, 0.2) is 66.7 Å². The first-order valence-corrected chi connectivity index (χ1v) is 9.65. The number of benzene rings is 2. The Kier molecular flexibility index (Phi) is 4.54. The van der Waals surface area contributed by atoms with E-state index >= 15 is 0 Å². The van der Waals surface area contributed by atoms with Crippen molar-refractivity contribution in [2.45, 2.75) is 13.1 Å². The lowest BCUT2D eigenvalue weighted by Gasteiger charge is -2.29. The van der Waals surface area contributed by atoms with E-state index in [0.29, 0.717) is 41.9 Å². The minimum Gasteiger partial charge on any atom is -0.478 e. The number of ether oxygens (including phenoxy) is 2. The van der Waals surface area contributed by atoms with Gasteiger partial charge in [0.05, 0.1) is 11.1 Å². The van der Waals surface area contributed by atoms with Gasteiger partial charge in [0.2, 0.25) is 5.78 Å². The number of hydrogen-bond acceptors (Lipinski definition) is 5. The summed E-state index contributed by atoms with van der Waals surface area (Å²) in [7, 11) is 0. The predicted molar refractivity (Wildman–Crippen MR) is 110 cm³/mol. The largest absolute Gasteiger partial charge is 0.478 e. The number of ketones is 1. The molecule has 0 aliphatic carbocycles. The molecule has 1 aromatic heterocycles. The normalized spacial score (nSPS) is 16.9. The fourth-order valence-electron chi connectivity index (χ4n) is 3.57. The number of pyridine rings is 1. The van der Waals surface area contributed by atoms with Gasteiger partial charge < -0.3 is 9.47 Å². The van der Waals surface area contributed by atoms with Crippen LogP contribution in [0.2, 0.25) is 5.02 Å². The van der Waals surface area contributed by atoms with Crippen LogP contribution in [-0.4, -0.2) is 22.4 Å². The molecule has 2 aliphatic rings. The average Bonchev–Trinajstić information content (AvgIpc) is 3.06. The summed E-state index contributed by atoms with van der Waals surface area (Å²) >= 11 is 5.94. The fraction of sp³-hybridized carbons (Fsp3) is 0.130. The standard InChI is InChI=1S/C23H17ClN2O3/c24-17-5-3-15(4-6-17)10-21-22(27)18-7-8-20-19(23(18)29-21)13-26(14-28-20)12-16-2-1-9-25-11-16/h1-11H,12-14H2/b21-10-. The number of carbonyl (C=O) groups excluding carboxylic acids is 1. The number of Topliss-reactive ketones (excluding diaryl/α,β-unsaturated/α-hetero) is 1. The number of hydrogen-bond donors (Lipinski definition) is 0. The molecule has 0 unspecified atom stereocenters. The van der Waals surface area contributed by atoms with Gasteiger partial charge in [0.15, 0.2) is 5.76 Å². The molecule has 2 aromatic carbocycles. The minimum atomic E-state index is -0.123. The highest BCUT2D eigenvalue weighted by Gasteiger charge is 2.33. The van der Waals surface area contributed by atoms with E-state index in [2.05, 4.69) is 9.88 Å². The second-order valence-corrected chi connectivity index (χ2v) is 7.47. The van der Waals surface area contributed by atoms with E-state index in [4.69, 9.17) is 21.1 Å². The van der Waals surface area contributed by atoms with Crippen molar-refractivity contribution in [2.75, 3.05) is 6.73 Å². The van der Waals surface area contributed by atoms with Crippen molar-refractivity contribution in [2.24, 2.45) is 0 Å². The quantitative estimate of drug-likeness (QED) is 0.592. The Morgan fingerprint density at radius 1 is 1.14 bits per heavy atom. The Labute approximate surface area is 173 Å². The highest BCUT2D eigenvalue weighted by Crippen LogP contribution is 2.42. The summed E-state index contributed by atoms with van der Waals surface area (Å²) < 4.78 is 11.9. The van der Waals surface area contributed by atoms with Crippen LogP contribution in [0.3, 0.4) is 0 Å². The van der Waals surface area contributed by atoms with Gasteiger partial charge in [-0.3, -0.25) is 14.7 Å². The van der Waals surface area contributed by atoms with Crippen LogP contribution in [0.5, 0.6) is 11.5 Å². The maximum Gasteiger partial charge on any atom is 0.231 e. The topological polar surface area (TPSA) is 51.7 Å². The third kappa shape index (κ3) is 3.50. The predicted octanol–water partition coefficient (Wildman–Crippen LogP) is 4.70. The lowest BCUT2D eigenvalue weighted by Crippen LogP contribution is -2.31. The zero-order chi connectivity index (χ0) is 19.8. The van der Waals surface area contributed by atoms with E-state index in [-0.39, 0.29) is 5.78 Å². The maximum absolute atomic E-state index is 12.8. The molecule has 0 amide bonds. The van der Waals surface area contributed by atoms with E-state index in [1.165, 1.54) is 0 Å². The van der Waals surface area contributed by atoms with E-state index in [1.54, 1.807) is 30.5 Å². The number of halogens is 1. The summed E-state index contributed by atoms with van der Waals surface area (Å²) in [4.78, 5) is 19.2. The molecule has 0 spiro atoms. The summed E-state index contributed by atoms with van der Waals surface area (Å²) in [5.41, 5.74) is 3.42. The van der Waals surface area contributed by atoms with Gasteiger partial charge in [-0.05, 0) is 47.5 Å². The van der Waals surface area contributed by atoms with Crippen LogP contribution in [-0.2, 0) is 13.1 Å². The minimum absolute atomic E-state index is 0.123. The molecule has 5 rings (SSSR count). The Hall–Kier alpha value is -3.15. The molecule has 0 N–H and O–H groups in total. The Morgan fingerprint density at radius 2 is 2.00 bits per heavy atom. The first-order chi connectivity index (χ1) is 14.2.